The topological polar surface area (TPSA) is 95.5 Å². The van der Waals surface area contributed by atoms with E-state index < -0.39 is 16.2 Å². The Balaban J connectivity index is 2.42. The van der Waals surface area contributed by atoms with Gasteiger partial charge in [0.05, 0.1) is 5.92 Å². The van der Waals surface area contributed by atoms with Crippen molar-refractivity contribution in [3.05, 3.63) is 0 Å². The van der Waals surface area contributed by atoms with Crippen molar-refractivity contribution in [1.29, 1.82) is 0 Å². The van der Waals surface area contributed by atoms with Crippen molar-refractivity contribution in [3.8, 4) is 0 Å². The summed E-state index contributed by atoms with van der Waals surface area (Å²) in [7, 11) is -2.07. The zero-order chi connectivity index (χ0) is 11.5. The molecule has 0 aromatic carbocycles. The normalized spacial score (nSPS) is 27.5. The number of carboxylic acid groups (broad SMARTS) is 1. The van der Waals surface area contributed by atoms with Gasteiger partial charge in [0.25, 0.3) is 10.2 Å². The first-order valence-electron chi connectivity index (χ1n) is 4.88. The van der Waals surface area contributed by atoms with Crippen LogP contribution in [-0.2, 0) is 15.0 Å². The van der Waals surface area contributed by atoms with Gasteiger partial charge in [0, 0.05) is 13.1 Å². The van der Waals surface area contributed by atoms with Crippen LogP contribution in [0.2, 0.25) is 0 Å². The van der Waals surface area contributed by atoms with Crippen LogP contribution in [0, 0.1) is 5.92 Å². The highest BCUT2D eigenvalue weighted by Crippen LogP contribution is 2.24. The van der Waals surface area contributed by atoms with Crippen molar-refractivity contribution in [2.45, 2.75) is 31.7 Å². The Kier molecular flexibility index (Phi) is 4.06. The Labute approximate surface area is 89.2 Å². The van der Waals surface area contributed by atoms with Gasteiger partial charge in [-0.25, -0.2) is 4.72 Å². The fourth-order valence-electron chi connectivity index (χ4n) is 1.74. The molecule has 0 aliphatic heterocycles. The minimum Gasteiger partial charge on any atom is -0.481 e. The highest BCUT2D eigenvalue weighted by atomic mass is 32.2. The Morgan fingerprint density at radius 3 is 2.20 bits per heavy atom. The lowest BCUT2D eigenvalue weighted by Gasteiger charge is -2.26. The number of nitrogens with one attached hydrogen (secondary N) is 2. The van der Waals surface area contributed by atoms with Gasteiger partial charge >= 0.3 is 5.97 Å². The molecule has 0 saturated heterocycles. The van der Waals surface area contributed by atoms with Crippen LogP contribution in [0.5, 0.6) is 0 Å². The Bertz CT molecular complexity index is 320. The fourth-order valence-corrected chi connectivity index (χ4v) is 2.53. The van der Waals surface area contributed by atoms with E-state index in [1.165, 1.54) is 7.05 Å². The molecule has 0 aromatic heterocycles. The quantitative estimate of drug-likeness (QED) is 0.623. The molecule has 1 aliphatic rings. The Morgan fingerprint density at radius 1 is 1.27 bits per heavy atom. The van der Waals surface area contributed by atoms with E-state index in [2.05, 4.69) is 9.44 Å². The van der Waals surface area contributed by atoms with Gasteiger partial charge in [0.2, 0.25) is 0 Å². The second kappa shape index (κ2) is 4.91. The maximum atomic E-state index is 11.1. The van der Waals surface area contributed by atoms with Crippen LogP contribution < -0.4 is 9.44 Å². The van der Waals surface area contributed by atoms with E-state index >= 15 is 0 Å². The molecule has 15 heavy (non-hydrogen) atoms. The third kappa shape index (κ3) is 3.77. The minimum atomic E-state index is -3.40. The summed E-state index contributed by atoms with van der Waals surface area (Å²) in [6.07, 6.45) is 2.23. The van der Waals surface area contributed by atoms with Crippen molar-refractivity contribution >= 4 is 16.2 Å². The number of hydrogen-bond donors (Lipinski definition) is 3. The molecular formula is C8H16N2O4S. The monoisotopic (exact) mass is 236 g/mol. The molecule has 0 aromatic rings. The molecule has 7 heteroatoms. The van der Waals surface area contributed by atoms with Gasteiger partial charge in [-0.15, -0.1) is 0 Å². The first-order chi connectivity index (χ1) is 6.94. The lowest BCUT2D eigenvalue weighted by molar-refractivity contribution is -0.142. The molecule has 0 spiro atoms. The van der Waals surface area contributed by atoms with E-state index in [0.29, 0.717) is 25.7 Å². The largest absolute Gasteiger partial charge is 0.481 e. The lowest BCUT2D eigenvalue weighted by Crippen LogP contribution is -2.43. The second-order valence-electron chi connectivity index (χ2n) is 3.71. The van der Waals surface area contributed by atoms with Crippen LogP contribution in [0.3, 0.4) is 0 Å². The summed E-state index contributed by atoms with van der Waals surface area (Å²) in [6.45, 7) is 0. The maximum absolute atomic E-state index is 11.1. The molecule has 0 bridgehead atoms. The third-order valence-electron chi connectivity index (χ3n) is 2.67. The number of hydrogen-bond acceptors (Lipinski definition) is 3. The fraction of sp³-hybridized carbons (Fsp3) is 0.875. The van der Waals surface area contributed by atoms with Gasteiger partial charge < -0.3 is 5.11 Å². The van der Waals surface area contributed by atoms with Crippen LogP contribution in [0.25, 0.3) is 0 Å². The number of carboxylic acids is 1. The van der Waals surface area contributed by atoms with E-state index in [9.17, 15) is 13.2 Å². The van der Waals surface area contributed by atoms with E-state index in [0.717, 1.165) is 0 Å². The van der Waals surface area contributed by atoms with Crippen molar-refractivity contribution in [1.82, 2.24) is 9.44 Å². The van der Waals surface area contributed by atoms with Crippen molar-refractivity contribution in [3.63, 3.8) is 0 Å². The highest BCUT2D eigenvalue weighted by molar-refractivity contribution is 7.87. The van der Waals surface area contributed by atoms with Gasteiger partial charge in [-0.1, -0.05) is 0 Å². The number of rotatable bonds is 4. The number of aliphatic carboxylic acids is 1. The van der Waals surface area contributed by atoms with Crippen LogP contribution in [0.1, 0.15) is 25.7 Å². The molecule has 1 fully saturated rings. The van der Waals surface area contributed by atoms with Gasteiger partial charge in [0.15, 0.2) is 0 Å². The molecule has 0 radical (unpaired) electrons. The molecule has 0 unspecified atom stereocenters. The van der Waals surface area contributed by atoms with Crippen LogP contribution >= 0.6 is 0 Å². The lowest BCUT2D eigenvalue weighted by atomic mass is 9.87. The molecule has 0 heterocycles. The molecule has 6 nitrogen and oxygen atoms in total. The summed E-state index contributed by atoms with van der Waals surface area (Å²) >= 11 is 0. The average molecular weight is 236 g/mol. The van der Waals surface area contributed by atoms with Crippen molar-refractivity contribution in [2.24, 2.45) is 5.92 Å². The first kappa shape index (κ1) is 12.4. The van der Waals surface area contributed by atoms with Crippen LogP contribution in [0.4, 0.5) is 0 Å². The predicted octanol–water partition coefficient (Wildman–Crippen LogP) is -0.316. The minimum absolute atomic E-state index is 0.141. The van der Waals surface area contributed by atoms with Gasteiger partial charge in [0.1, 0.15) is 0 Å². The summed E-state index contributed by atoms with van der Waals surface area (Å²) in [4.78, 5) is 10.7. The van der Waals surface area contributed by atoms with Crippen LogP contribution in [-0.4, -0.2) is 32.6 Å². The van der Waals surface area contributed by atoms with Crippen molar-refractivity contribution in [2.75, 3.05) is 7.05 Å². The molecule has 1 rings (SSSR count). The third-order valence-corrected chi connectivity index (χ3v) is 3.85. The van der Waals surface area contributed by atoms with Gasteiger partial charge in [-0.05, 0) is 25.7 Å². The average Bonchev–Trinajstić information content (AvgIpc) is 2.18. The zero-order valence-corrected chi connectivity index (χ0v) is 9.38. The first-order valence-corrected chi connectivity index (χ1v) is 6.36. The summed E-state index contributed by atoms with van der Waals surface area (Å²) in [5.74, 6) is -1.11. The molecular weight excluding hydrogens is 220 g/mol. The smallest absolute Gasteiger partial charge is 0.306 e. The standard InChI is InChI=1S/C8H16N2O4S/c1-9-15(13,14)10-7-4-2-6(3-5-7)8(11)12/h6-7,9-10H,2-5H2,1H3,(H,11,12). The summed E-state index contributed by atoms with van der Waals surface area (Å²) in [6, 6.07) is -0.141. The highest BCUT2D eigenvalue weighted by Gasteiger charge is 2.27. The summed E-state index contributed by atoms with van der Waals surface area (Å²) in [5.41, 5.74) is 0. The SMILES string of the molecule is CNS(=O)(=O)NC1CCC(C(=O)O)CC1. The maximum Gasteiger partial charge on any atom is 0.306 e. The molecule has 0 atom stereocenters. The molecule has 1 aliphatic carbocycles. The van der Waals surface area contributed by atoms with Crippen LogP contribution in [0.15, 0.2) is 0 Å². The zero-order valence-electron chi connectivity index (χ0n) is 8.56. The Morgan fingerprint density at radius 2 is 1.80 bits per heavy atom. The predicted molar refractivity (Wildman–Crippen MR) is 54.5 cm³/mol. The molecule has 1 saturated carbocycles. The van der Waals surface area contributed by atoms with E-state index in [1.807, 2.05) is 0 Å². The summed E-state index contributed by atoms with van der Waals surface area (Å²) in [5, 5.41) is 8.75. The van der Waals surface area contributed by atoms with E-state index in [1.54, 1.807) is 0 Å². The van der Waals surface area contributed by atoms with E-state index in [-0.39, 0.29) is 12.0 Å². The van der Waals surface area contributed by atoms with Gasteiger partial charge in [-0.3, -0.25) is 4.79 Å². The summed E-state index contributed by atoms with van der Waals surface area (Å²) < 4.78 is 26.9. The second-order valence-corrected chi connectivity index (χ2v) is 5.36. The molecule has 3 N–H and O–H groups in total. The van der Waals surface area contributed by atoms with Gasteiger partial charge in [-0.2, -0.15) is 13.1 Å². The molecule has 0 amide bonds. The Hall–Kier alpha value is -0.660. The number of carbonyl (C=O) groups is 1. The molecule has 88 valence electrons. The van der Waals surface area contributed by atoms with Crippen molar-refractivity contribution < 1.29 is 18.3 Å². The van der Waals surface area contributed by atoms with E-state index in [4.69, 9.17) is 5.11 Å².